The van der Waals surface area contributed by atoms with Crippen molar-refractivity contribution in [2.75, 3.05) is 18.4 Å². The number of carbonyl (C=O) groups excluding carboxylic acids is 1. The summed E-state index contributed by atoms with van der Waals surface area (Å²) in [5.74, 6) is 0.275. The van der Waals surface area contributed by atoms with E-state index >= 15 is 0 Å². The van der Waals surface area contributed by atoms with Crippen molar-refractivity contribution in [2.45, 2.75) is 44.1 Å². The molecule has 1 N–H and O–H groups in total. The van der Waals surface area contributed by atoms with Crippen LogP contribution in [0, 0.1) is 6.92 Å². The topological polar surface area (TPSA) is 32.3 Å². The van der Waals surface area contributed by atoms with E-state index in [1.165, 1.54) is 34.4 Å². The maximum absolute atomic E-state index is 13.1. The molecular weight excluding hydrogens is 308 g/mol. The first-order valence-corrected chi connectivity index (χ1v) is 9.38. The molecule has 2 aromatic rings. The SMILES string of the molecule is Cc1cccc2c1NC(C(=O)N1CCC3(CCc4ccccc43)C1)C2. The quantitative estimate of drug-likeness (QED) is 0.867. The van der Waals surface area contributed by atoms with E-state index in [2.05, 4.69) is 59.6 Å². The molecule has 1 saturated heterocycles. The highest BCUT2D eigenvalue weighted by atomic mass is 16.2. The number of anilines is 1. The van der Waals surface area contributed by atoms with Crippen LogP contribution in [0.3, 0.4) is 0 Å². The normalized spacial score (nSPS) is 26.6. The predicted octanol–water partition coefficient (Wildman–Crippen LogP) is 3.45. The van der Waals surface area contributed by atoms with Gasteiger partial charge in [-0.15, -0.1) is 0 Å². The van der Waals surface area contributed by atoms with Crippen molar-refractivity contribution in [1.29, 1.82) is 0 Å². The lowest BCUT2D eigenvalue weighted by Crippen LogP contribution is -2.42. The summed E-state index contributed by atoms with van der Waals surface area (Å²) in [6, 6.07) is 15.1. The number of rotatable bonds is 1. The molecular formula is C22H24N2O. The average Bonchev–Trinajstić information content (AvgIpc) is 3.34. The maximum Gasteiger partial charge on any atom is 0.245 e. The van der Waals surface area contributed by atoms with Crippen LogP contribution in [0.15, 0.2) is 42.5 Å². The van der Waals surface area contributed by atoms with Gasteiger partial charge < -0.3 is 10.2 Å². The van der Waals surface area contributed by atoms with Crippen LogP contribution in [-0.2, 0) is 23.1 Å². The third-order valence-corrected chi connectivity index (χ3v) is 6.53. The number of fused-ring (bicyclic) bond motifs is 3. The molecule has 0 saturated carbocycles. The van der Waals surface area contributed by atoms with E-state index in [1.54, 1.807) is 0 Å². The van der Waals surface area contributed by atoms with E-state index in [1.807, 2.05) is 0 Å². The summed E-state index contributed by atoms with van der Waals surface area (Å²) in [5, 5.41) is 3.49. The maximum atomic E-state index is 13.1. The molecule has 3 aliphatic rings. The molecule has 5 rings (SSSR count). The van der Waals surface area contributed by atoms with Gasteiger partial charge in [0.05, 0.1) is 0 Å². The van der Waals surface area contributed by atoms with Crippen LogP contribution in [0.5, 0.6) is 0 Å². The molecule has 0 bridgehead atoms. The fourth-order valence-electron chi connectivity index (χ4n) is 5.17. The summed E-state index contributed by atoms with van der Waals surface area (Å²) in [7, 11) is 0. The number of para-hydroxylation sites is 1. The number of hydrogen-bond acceptors (Lipinski definition) is 2. The number of aryl methyl sites for hydroxylation is 2. The van der Waals surface area contributed by atoms with E-state index in [9.17, 15) is 4.79 Å². The van der Waals surface area contributed by atoms with Crippen LogP contribution < -0.4 is 5.32 Å². The Balaban J connectivity index is 1.35. The first-order valence-electron chi connectivity index (χ1n) is 9.38. The second kappa shape index (κ2) is 5.35. The van der Waals surface area contributed by atoms with Gasteiger partial charge in [-0.2, -0.15) is 0 Å². The Labute approximate surface area is 149 Å². The van der Waals surface area contributed by atoms with Gasteiger partial charge in [-0.05, 0) is 48.4 Å². The molecule has 0 radical (unpaired) electrons. The Morgan fingerprint density at radius 3 is 2.84 bits per heavy atom. The average molecular weight is 332 g/mol. The molecule has 1 aliphatic carbocycles. The molecule has 1 spiro atoms. The molecule has 1 amide bonds. The number of carbonyl (C=O) groups is 1. The number of benzene rings is 2. The molecule has 0 aromatic heterocycles. The minimum atomic E-state index is -0.0945. The van der Waals surface area contributed by atoms with Crippen molar-refractivity contribution in [3.63, 3.8) is 0 Å². The Morgan fingerprint density at radius 2 is 1.96 bits per heavy atom. The van der Waals surface area contributed by atoms with Gasteiger partial charge in [0.25, 0.3) is 0 Å². The van der Waals surface area contributed by atoms with Crippen LogP contribution in [0.4, 0.5) is 5.69 Å². The monoisotopic (exact) mass is 332 g/mol. The smallest absolute Gasteiger partial charge is 0.245 e. The zero-order valence-corrected chi connectivity index (χ0v) is 14.7. The Morgan fingerprint density at radius 1 is 1.12 bits per heavy atom. The van der Waals surface area contributed by atoms with Crippen molar-refractivity contribution < 1.29 is 4.79 Å². The summed E-state index contributed by atoms with van der Waals surface area (Å²) < 4.78 is 0. The van der Waals surface area contributed by atoms with Gasteiger partial charge in [0, 0.05) is 30.6 Å². The highest BCUT2D eigenvalue weighted by Crippen LogP contribution is 2.45. The molecule has 25 heavy (non-hydrogen) atoms. The second-order valence-electron chi connectivity index (χ2n) is 7.96. The lowest BCUT2D eigenvalue weighted by atomic mass is 9.81. The molecule has 1 fully saturated rings. The van der Waals surface area contributed by atoms with Gasteiger partial charge in [0.1, 0.15) is 6.04 Å². The number of nitrogens with one attached hydrogen (secondary N) is 1. The van der Waals surface area contributed by atoms with Gasteiger partial charge in [-0.1, -0.05) is 42.5 Å². The van der Waals surface area contributed by atoms with E-state index in [0.717, 1.165) is 32.4 Å². The van der Waals surface area contributed by atoms with Crippen LogP contribution in [0.2, 0.25) is 0 Å². The fraction of sp³-hybridized carbons (Fsp3) is 0.409. The summed E-state index contributed by atoms with van der Waals surface area (Å²) in [6.45, 7) is 3.88. The van der Waals surface area contributed by atoms with Gasteiger partial charge in [0.2, 0.25) is 5.91 Å². The molecule has 2 atom stereocenters. The third kappa shape index (κ3) is 2.21. The van der Waals surface area contributed by atoms with Crippen molar-refractivity contribution >= 4 is 11.6 Å². The van der Waals surface area contributed by atoms with Gasteiger partial charge in [-0.3, -0.25) is 4.79 Å². The highest BCUT2D eigenvalue weighted by molar-refractivity contribution is 5.88. The van der Waals surface area contributed by atoms with Gasteiger partial charge >= 0.3 is 0 Å². The highest BCUT2D eigenvalue weighted by Gasteiger charge is 2.46. The van der Waals surface area contributed by atoms with E-state index in [0.29, 0.717) is 0 Å². The van der Waals surface area contributed by atoms with Crippen molar-refractivity contribution in [3.8, 4) is 0 Å². The first-order chi connectivity index (χ1) is 12.2. The van der Waals surface area contributed by atoms with Crippen molar-refractivity contribution in [1.82, 2.24) is 4.90 Å². The summed E-state index contributed by atoms with van der Waals surface area (Å²) in [6.07, 6.45) is 4.27. The lowest BCUT2D eigenvalue weighted by Gasteiger charge is -2.27. The molecule has 2 heterocycles. The lowest BCUT2D eigenvalue weighted by molar-refractivity contribution is -0.131. The largest absolute Gasteiger partial charge is 0.373 e. The zero-order valence-electron chi connectivity index (χ0n) is 14.7. The molecule has 3 heteroatoms. The number of amides is 1. The van der Waals surface area contributed by atoms with Crippen LogP contribution in [-0.4, -0.2) is 29.9 Å². The standard InChI is InChI=1S/C22H24N2O/c1-15-5-4-7-17-13-19(23-20(15)17)21(25)24-12-11-22(14-24)10-9-16-6-2-3-8-18(16)22/h2-8,19,23H,9-14H2,1H3. The molecule has 2 aliphatic heterocycles. The molecule has 128 valence electrons. The van der Waals surface area contributed by atoms with E-state index in [-0.39, 0.29) is 17.4 Å². The second-order valence-corrected chi connectivity index (χ2v) is 7.96. The molecule has 2 unspecified atom stereocenters. The van der Waals surface area contributed by atoms with Gasteiger partial charge in [-0.25, -0.2) is 0 Å². The molecule has 3 nitrogen and oxygen atoms in total. The summed E-state index contributed by atoms with van der Waals surface area (Å²) in [4.78, 5) is 15.3. The number of hydrogen-bond donors (Lipinski definition) is 1. The first kappa shape index (κ1) is 15.0. The third-order valence-electron chi connectivity index (χ3n) is 6.53. The summed E-state index contributed by atoms with van der Waals surface area (Å²) in [5.41, 5.74) is 6.85. The number of nitrogens with zero attached hydrogens (tertiary/aromatic N) is 1. The Hall–Kier alpha value is -2.29. The minimum Gasteiger partial charge on any atom is -0.373 e. The Kier molecular flexibility index (Phi) is 3.21. The fourth-order valence-corrected chi connectivity index (χ4v) is 5.17. The van der Waals surface area contributed by atoms with Gasteiger partial charge in [0.15, 0.2) is 0 Å². The van der Waals surface area contributed by atoms with E-state index < -0.39 is 0 Å². The predicted molar refractivity (Wildman–Crippen MR) is 99.9 cm³/mol. The van der Waals surface area contributed by atoms with Crippen molar-refractivity contribution in [3.05, 3.63) is 64.7 Å². The van der Waals surface area contributed by atoms with Crippen LogP contribution >= 0.6 is 0 Å². The Bertz CT molecular complexity index is 859. The number of likely N-dealkylation sites (tertiary alicyclic amines) is 1. The van der Waals surface area contributed by atoms with Crippen LogP contribution in [0.25, 0.3) is 0 Å². The van der Waals surface area contributed by atoms with E-state index in [4.69, 9.17) is 0 Å². The van der Waals surface area contributed by atoms with Crippen LogP contribution in [0.1, 0.15) is 35.1 Å². The zero-order chi connectivity index (χ0) is 17.0. The minimum absolute atomic E-state index is 0.0945. The summed E-state index contributed by atoms with van der Waals surface area (Å²) >= 11 is 0. The van der Waals surface area contributed by atoms with Crippen molar-refractivity contribution in [2.24, 2.45) is 0 Å². The molecule has 2 aromatic carbocycles.